The maximum absolute atomic E-state index is 14.0. The maximum Gasteiger partial charge on any atom is 0.416 e. The average Bonchev–Trinajstić information content (AvgIpc) is 0.700. The highest BCUT2D eigenvalue weighted by atomic mass is 19.4. The molecular weight excluding hydrogens is 1470 g/mol. The van der Waals surface area contributed by atoms with Crippen molar-refractivity contribution < 1.29 is 64.2 Å². The molecule has 14 heteroatoms. The van der Waals surface area contributed by atoms with Gasteiger partial charge in [-0.05, 0) is 297 Å². The van der Waals surface area contributed by atoms with E-state index in [-0.39, 0.29) is 10.8 Å². The van der Waals surface area contributed by atoms with Crippen LogP contribution in [0.5, 0.6) is 46.0 Å². The van der Waals surface area contributed by atoms with Crippen molar-refractivity contribution >= 4 is 64.6 Å². The summed E-state index contributed by atoms with van der Waals surface area (Å²) in [6.07, 6.45) is -9.16. The standard InChI is InChI=1S/C54H52O4.C48H34F6O4/c1-53(2,3)37-19-11-33(12-20-37)49-45-31-41(57-9)27-29-43(45)48(36-17-25-40(56-8)26-18-36)52-50(34-13-21-38(22-14-34)54(4,5)6)46-32-42(58-10)28-30-44(46)47(51(49)52)35-15-23-39(55-7)24-16-35;1-55-33-17-9-29(10-18-33)41-37-23-21-35(57-3)25-39(37)44(28-7-15-32(16-8-28)48(52,53)54)46-42(30-11-19-34(56-2)20-12-30)38-24-22-36(58-4)26-40(38)43(45(41)46)27-5-13-31(14-6-27)47(49,50)51/h11-32H,1-10H3;5-26H,1-4H3. The molecule has 0 bridgehead atoms. The molecule has 0 aliphatic rings. The van der Waals surface area contributed by atoms with E-state index in [2.05, 4.69) is 175 Å². The Bertz CT molecular complexity index is 5600. The van der Waals surface area contributed by atoms with Crippen molar-refractivity contribution in [2.75, 3.05) is 56.9 Å². The van der Waals surface area contributed by atoms with Crippen molar-refractivity contribution in [2.45, 2.75) is 64.7 Å². The lowest BCUT2D eigenvalue weighted by Crippen LogP contribution is -2.10. The van der Waals surface area contributed by atoms with E-state index in [4.69, 9.17) is 37.9 Å². The molecule has 0 unspecified atom stereocenters. The van der Waals surface area contributed by atoms with Gasteiger partial charge in [0.15, 0.2) is 0 Å². The number of rotatable bonds is 16. The monoisotopic (exact) mass is 1550 g/mol. The van der Waals surface area contributed by atoms with E-state index in [1.165, 1.54) is 49.6 Å². The molecule has 0 saturated carbocycles. The van der Waals surface area contributed by atoms with E-state index in [0.717, 1.165) is 157 Å². The highest BCUT2D eigenvalue weighted by molar-refractivity contribution is 6.36. The van der Waals surface area contributed by atoms with E-state index in [1.807, 2.05) is 84.9 Å². The minimum Gasteiger partial charge on any atom is -0.497 e. The number of halogens is 6. The summed E-state index contributed by atoms with van der Waals surface area (Å²) in [5.41, 5.74) is 15.1. The van der Waals surface area contributed by atoms with Crippen LogP contribution in [0.4, 0.5) is 26.3 Å². The third-order valence-corrected chi connectivity index (χ3v) is 22.2. The van der Waals surface area contributed by atoms with E-state index >= 15 is 0 Å². The summed E-state index contributed by atoms with van der Waals surface area (Å²) in [6.45, 7) is 13.6. The minimum atomic E-state index is -4.58. The smallest absolute Gasteiger partial charge is 0.416 e. The van der Waals surface area contributed by atoms with Gasteiger partial charge in [0.2, 0.25) is 0 Å². The largest absolute Gasteiger partial charge is 0.497 e. The van der Waals surface area contributed by atoms with E-state index in [9.17, 15) is 26.3 Å². The van der Waals surface area contributed by atoms with Gasteiger partial charge >= 0.3 is 12.4 Å². The van der Waals surface area contributed by atoms with Crippen molar-refractivity contribution in [3.05, 3.63) is 289 Å². The first kappa shape index (κ1) is 78.3. The number of alkyl halides is 6. The molecular formula is C102H86F6O8. The highest BCUT2D eigenvalue weighted by Crippen LogP contribution is 2.58. The molecule has 0 spiro atoms. The van der Waals surface area contributed by atoms with Gasteiger partial charge in [0.05, 0.1) is 68.0 Å². The highest BCUT2D eigenvalue weighted by Gasteiger charge is 2.35. The number of hydrogen-bond donors (Lipinski definition) is 0. The Morgan fingerprint density at radius 1 is 0.172 bits per heavy atom. The summed E-state index contributed by atoms with van der Waals surface area (Å²) < 4.78 is 130. The molecule has 0 saturated heterocycles. The van der Waals surface area contributed by atoms with Crippen molar-refractivity contribution in [2.24, 2.45) is 0 Å². The van der Waals surface area contributed by atoms with Crippen molar-refractivity contribution in [3.63, 3.8) is 0 Å². The molecule has 0 atom stereocenters. The van der Waals surface area contributed by atoms with Gasteiger partial charge in [-0.25, -0.2) is 0 Å². The van der Waals surface area contributed by atoms with Crippen LogP contribution in [0.25, 0.3) is 154 Å². The summed E-state index contributed by atoms with van der Waals surface area (Å²) >= 11 is 0. The second-order valence-electron chi connectivity index (χ2n) is 30.9. The van der Waals surface area contributed by atoms with E-state index < -0.39 is 23.5 Å². The molecule has 16 rings (SSSR count). The molecule has 0 aliphatic heterocycles. The zero-order chi connectivity index (χ0) is 81.9. The molecule has 0 amide bonds. The lowest BCUT2D eigenvalue weighted by atomic mass is 9.77. The van der Waals surface area contributed by atoms with Crippen molar-refractivity contribution in [3.8, 4) is 135 Å². The van der Waals surface area contributed by atoms with Gasteiger partial charge < -0.3 is 37.9 Å². The van der Waals surface area contributed by atoms with Crippen LogP contribution in [0.15, 0.2) is 267 Å². The zero-order valence-corrected chi connectivity index (χ0v) is 66.9. The Morgan fingerprint density at radius 3 is 0.474 bits per heavy atom. The first-order chi connectivity index (χ1) is 55.7. The van der Waals surface area contributed by atoms with Gasteiger partial charge in [-0.2, -0.15) is 26.3 Å². The normalized spacial score (nSPS) is 12.0. The van der Waals surface area contributed by atoms with Crippen LogP contribution in [-0.2, 0) is 23.2 Å². The van der Waals surface area contributed by atoms with Gasteiger partial charge in [0, 0.05) is 0 Å². The summed E-state index contributed by atoms with van der Waals surface area (Å²) in [4.78, 5) is 0. The SMILES string of the molecule is COc1ccc(-c2c3ccc(OC)cc3c(-c3ccc(C(C)(C)C)cc3)c3c(-c4ccc(OC)cc4)c4ccc(OC)cc4c(-c4ccc(C(C)(C)C)cc4)c23)cc1.COc1ccc(-c2c3ccc(OC)cc3c(-c3ccc(C(F)(F)F)cc3)c3c(-c4ccc(OC)cc4)c4ccc(OC)cc4c(-c4ccc(C(F)(F)F)cc4)c23)cc1. The number of benzene rings is 16. The molecule has 8 nitrogen and oxygen atoms in total. The first-order valence-electron chi connectivity index (χ1n) is 38.1. The number of hydrogen-bond acceptors (Lipinski definition) is 8. The lowest BCUT2D eigenvalue weighted by Gasteiger charge is -2.26. The number of methoxy groups -OCH3 is 8. The van der Waals surface area contributed by atoms with Gasteiger partial charge in [-0.15, -0.1) is 0 Å². The van der Waals surface area contributed by atoms with Gasteiger partial charge in [0.1, 0.15) is 46.0 Å². The van der Waals surface area contributed by atoms with Gasteiger partial charge in [0.25, 0.3) is 0 Å². The Hall–Kier alpha value is -12.9. The fraction of sp³-hybridized carbons (Fsp3) is 0.176. The van der Waals surface area contributed by atoms with Crippen molar-refractivity contribution in [1.29, 1.82) is 0 Å². The molecule has 0 N–H and O–H groups in total. The topological polar surface area (TPSA) is 73.8 Å². The van der Waals surface area contributed by atoms with Crippen LogP contribution >= 0.6 is 0 Å². The third-order valence-electron chi connectivity index (χ3n) is 22.2. The Morgan fingerprint density at radius 2 is 0.319 bits per heavy atom. The molecule has 0 aliphatic carbocycles. The third kappa shape index (κ3) is 14.6. The molecule has 16 aromatic rings. The quantitative estimate of drug-likeness (QED) is 0.0700. The predicted octanol–water partition coefficient (Wildman–Crippen LogP) is 28.3. The summed E-state index contributed by atoms with van der Waals surface area (Å²) in [5, 5.41) is 10.9. The van der Waals surface area contributed by atoms with Crippen LogP contribution in [0.1, 0.15) is 63.8 Å². The summed E-state index contributed by atoms with van der Waals surface area (Å²) in [6, 6.07) is 84.5. The lowest BCUT2D eigenvalue weighted by molar-refractivity contribution is -0.138. The van der Waals surface area contributed by atoms with E-state index in [1.54, 1.807) is 42.7 Å². The molecule has 0 fully saturated rings. The first-order valence-corrected chi connectivity index (χ1v) is 38.1. The van der Waals surface area contributed by atoms with Crippen LogP contribution in [-0.4, -0.2) is 56.9 Å². The van der Waals surface area contributed by atoms with Crippen LogP contribution < -0.4 is 37.9 Å². The second-order valence-corrected chi connectivity index (χ2v) is 30.9. The molecule has 16 aromatic carbocycles. The molecule has 0 aromatic heterocycles. The molecule has 584 valence electrons. The molecule has 0 radical (unpaired) electrons. The Balaban J connectivity index is 0.000000182. The van der Waals surface area contributed by atoms with Gasteiger partial charge in [-0.3, -0.25) is 0 Å². The minimum absolute atomic E-state index is 0.0000100. The Kier molecular flexibility index (Phi) is 21.0. The van der Waals surface area contributed by atoms with Crippen LogP contribution in [0.3, 0.4) is 0 Å². The average molecular weight is 1550 g/mol. The number of fused-ring (bicyclic) bond motifs is 6. The zero-order valence-electron chi connectivity index (χ0n) is 66.9. The molecule has 0 heterocycles. The summed E-state index contributed by atoms with van der Waals surface area (Å²) in [7, 11) is 13.1. The van der Waals surface area contributed by atoms with E-state index in [0.29, 0.717) is 66.8 Å². The molecule has 116 heavy (non-hydrogen) atoms. The number of ether oxygens (including phenoxy) is 8. The fourth-order valence-corrected chi connectivity index (χ4v) is 16.2. The second kappa shape index (κ2) is 31.1. The Labute approximate surface area is 671 Å². The van der Waals surface area contributed by atoms with Gasteiger partial charge in [-0.1, -0.05) is 187 Å². The van der Waals surface area contributed by atoms with Crippen LogP contribution in [0.2, 0.25) is 0 Å². The predicted molar refractivity (Wildman–Crippen MR) is 461 cm³/mol. The fourth-order valence-electron chi connectivity index (χ4n) is 16.2. The maximum atomic E-state index is 14.0. The summed E-state index contributed by atoms with van der Waals surface area (Å²) in [5.74, 6) is 5.46. The van der Waals surface area contributed by atoms with Crippen molar-refractivity contribution in [1.82, 2.24) is 0 Å². The van der Waals surface area contributed by atoms with Crippen LogP contribution in [0, 0.1) is 0 Å².